The van der Waals surface area contributed by atoms with Gasteiger partial charge in [-0.25, -0.2) is 12.7 Å². The van der Waals surface area contributed by atoms with E-state index in [9.17, 15) is 22.8 Å². The minimum absolute atomic E-state index is 0.0563. The highest BCUT2D eigenvalue weighted by Crippen LogP contribution is 2.34. The summed E-state index contributed by atoms with van der Waals surface area (Å²) in [6.45, 7) is 0.644. The van der Waals surface area contributed by atoms with Crippen LogP contribution in [0.25, 0.3) is 0 Å². The molecule has 112 valence electrons. The number of sulfonamides is 1. The van der Waals surface area contributed by atoms with Gasteiger partial charge in [0.2, 0.25) is 5.91 Å². The summed E-state index contributed by atoms with van der Waals surface area (Å²) in [5, 5.41) is 11.2. The second-order valence-corrected chi connectivity index (χ2v) is 6.12. The van der Waals surface area contributed by atoms with Crippen LogP contribution in [-0.2, 0) is 19.6 Å². The molecule has 0 saturated carbocycles. The van der Waals surface area contributed by atoms with Crippen LogP contribution in [0.4, 0.5) is 5.69 Å². The van der Waals surface area contributed by atoms with Gasteiger partial charge >= 0.3 is 5.97 Å². The van der Waals surface area contributed by atoms with E-state index in [1.165, 1.54) is 18.2 Å². The van der Waals surface area contributed by atoms with E-state index in [-0.39, 0.29) is 32.8 Å². The smallest absolute Gasteiger partial charge is 0.324 e. The Morgan fingerprint density at radius 3 is 2.57 bits per heavy atom. The fourth-order valence-corrected chi connectivity index (χ4v) is 3.47. The van der Waals surface area contributed by atoms with Crippen molar-refractivity contribution in [2.45, 2.75) is 18.2 Å². The summed E-state index contributed by atoms with van der Waals surface area (Å²) in [5.41, 5.74) is -0.152. The van der Waals surface area contributed by atoms with Crippen molar-refractivity contribution in [2.75, 3.05) is 11.9 Å². The molecule has 1 aliphatic heterocycles. The molecule has 1 aromatic rings. The molecule has 1 aromatic carbocycles. The molecule has 0 atom stereocenters. The standard InChI is InChI=1S/C12H12N2O6S/c1-2-9(15)13-7-4-3-5-8-11(7)12(18)14(6-10(16)17)21(8,19)20/h3-5H,2,6H2,1H3,(H,13,15)(H,16,17). The third kappa shape index (κ3) is 2.47. The monoisotopic (exact) mass is 312 g/mol. The maximum absolute atomic E-state index is 12.2. The predicted octanol–water partition coefficient (Wildman–Crippen LogP) is 0.264. The van der Waals surface area contributed by atoms with Gasteiger partial charge in [-0.15, -0.1) is 0 Å². The number of carboxylic acid groups (broad SMARTS) is 1. The minimum atomic E-state index is -4.20. The summed E-state index contributed by atoms with van der Waals surface area (Å²) >= 11 is 0. The van der Waals surface area contributed by atoms with Crippen molar-refractivity contribution in [3.63, 3.8) is 0 Å². The Hall–Kier alpha value is -2.42. The van der Waals surface area contributed by atoms with E-state index < -0.39 is 28.4 Å². The number of aliphatic carboxylic acids is 1. The molecule has 2 rings (SSSR count). The molecule has 0 spiro atoms. The maximum atomic E-state index is 12.2. The molecule has 0 unspecified atom stereocenters. The van der Waals surface area contributed by atoms with Crippen LogP contribution in [0.3, 0.4) is 0 Å². The second kappa shape index (κ2) is 5.17. The number of anilines is 1. The number of amides is 2. The van der Waals surface area contributed by atoms with Crippen molar-refractivity contribution < 1.29 is 27.9 Å². The summed E-state index contributed by atoms with van der Waals surface area (Å²) in [5.74, 6) is -2.79. The molecule has 0 saturated heterocycles. The highest BCUT2D eigenvalue weighted by molar-refractivity contribution is 7.90. The normalized spacial score (nSPS) is 15.7. The number of hydrogen-bond acceptors (Lipinski definition) is 5. The number of hydrogen-bond donors (Lipinski definition) is 2. The van der Waals surface area contributed by atoms with Crippen molar-refractivity contribution in [3.8, 4) is 0 Å². The minimum Gasteiger partial charge on any atom is -0.480 e. The lowest BCUT2D eigenvalue weighted by atomic mass is 10.1. The van der Waals surface area contributed by atoms with Crippen molar-refractivity contribution >= 4 is 33.5 Å². The number of benzene rings is 1. The van der Waals surface area contributed by atoms with E-state index in [0.29, 0.717) is 0 Å². The van der Waals surface area contributed by atoms with Gasteiger partial charge in [0.05, 0.1) is 11.3 Å². The Labute approximate surface area is 120 Å². The average molecular weight is 312 g/mol. The lowest BCUT2D eigenvalue weighted by Gasteiger charge is -2.11. The number of carbonyl (C=O) groups excluding carboxylic acids is 2. The highest BCUT2D eigenvalue weighted by Gasteiger charge is 2.43. The van der Waals surface area contributed by atoms with Gasteiger partial charge < -0.3 is 10.4 Å². The fourth-order valence-electron chi connectivity index (χ4n) is 1.94. The first-order valence-corrected chi connectivity index (χ1v) is 7.44. The number of carboxylic acids is 1. The van der Waals surface area contributed by atoms with Crippen LogP contribution >= 0.6 is 0 Å². The Morgan fingerprint density at radius 2 is 2.00 bits per heavy atom. The van der Waals surface area contributed by atoms with Gasteiger partial charge in [-0.3, -0.25) is 14.4 Å². The number of carbonyl (C=O) groups is 3. The molecular weight excluding hydrogens is 300 g/mol. The molecule has 2 N–H and O–H groups in total. The van der Waals surface area contributed by atoms with E-state index in [0.717, 1.165) is 0 Å². The molecule has 1 heterocycles. The zero-order valence-corrected chi connectivity index (χ0v) is 11.8. The van der Waals surface area contributed by atoms with Crippen LogP contribution in [-0.4, -0.2) is 42.2 Å². The van der Waals surface area contributed by atoms with Crippen LogP contribution in [0.1, 0.15) is 23.7 Å². The van der Waals surface area contributed by atoms with Crippen LogP contribution in [0, 0.1) is 0 Å². The summed E-state index contributed by atoms with van der Waals surface area (Å²) < 4.78 is 24.6. The van der Waals surface area contributed by atoms with E-state index in [1.54, 1.807) is 6.92 Å². The average Bonchev–Trinajstić information content (AvgIpc) is 2.60. The van der Waals surface area contributed by atoms with Gasteiger partial charge in [0.15, 0.2) is 0 Å². The van der Waals surface area contributed by atoms with Gasteiger partial charge in [0.25, 0.3) is 15.9 Å². The van der Waals surface area contributed by atoms with Crippen molar-refractivity contribution in [1.82, 2.24) is 4.31 Å². The first kappa shape index (κ1) is 15.0. The number of nitrogens with one attached hydrogen (secondary N) is 1. The van der Waals surface area contributed by atoms with E-state index in [4.69, 9.17) is 5.11 Å². The Balaban J connectivity index is 2.55. The second-order valence-electron chi connectivity index (χ2n) is 4.29. The third-order valence-corrected chi connectivity index (χ3v) is 4.68. The molecule has 21 heavy (non-hydrogen) atoms. The SMILES string of the molecule is CCC(=O)Nc1cccc2c1C(=O)N(CC(=O)O)S2(=O)=O. The highest BCUT2D eigenvalue weighted by atomic mass is 32.2. The maximum Gasteiger partial charge on any atom is 0.324 e. The molecular formula is C12H12N2O6S. The van der Waals surface area contributed by atoms with Gasteiger partial charge in [-0.2, -0.15) is 0 Å². The van der Waals surface area contributed by atoms with E-state index in [2.05, 4.69) is 5.32 Å². The first-order chi connectivity index (χ1) is 9.78. The molecule has 2 amide bonds. The summed E-state index contributed by atoms with van der Waals surface area (Å²) in [4.78, 5) is 34.0. The number of rotatable bonds is 4. The van der Waals surface area contributed by atoms with Gasteiger partial charge in [-0.05, 0) is 12.1 Å². The lowest BCUT2D eigenvalue weighted by Crippen LogP contribution is -2.35. The molecule has 0 bridgehead atoms. The fraction of sp³-hybridized carbons (Fsp3) is 0.250. The van der Waals surface area contributed by atoms with E-state index in [1.807, 2.05) is 0 Å². The summed E-state index contributed by atoms with van der Waals surface area (Å²) in [7, 11) is -4.20. The summed E-state index contributed by atoms with van der Waals surface area (Å²) in [6.07, 6.45) is 0.156. The molecule has 0 fully saturated rings. The molecule has 8 nitrogen and oxygen atoms in total. The van der Waals surface area contributed by atoms with Crippen LogP contribution in [0.2, 0.25) is 0 Å². The first-order valence-electron chi connectivity index (χ1n) is 6.00. The van der Waals surface area contributed by atoms with Crippen LogP contribution in [0.15, 0.2) is 23.1 Å². The van der Waals surface area contributed by atoms with Gasteiger partial charge in [-0.1, -0.05) is 13.0 Å². The molecule has 0 aliphatic carbocycles. The van der Waals surface area contributed by atoms with E-state index >= 15 is 0 Å². The van der Waals surface area contributed by atoms with Gasteiger partial charge in [0, 0.05) is 6.42 Å². The number of nitrogens with zero attached hydrogens (tertiary/aromatic N) is 1. The lowest BCUT2D eigenvalue weighted by molar-refractivity contribution is -0.136. The Morgan fingerprint density at radius 1 is 1.33 bits per heavy atom. The van der Waals surface area contributed by atoms with Crippen LogP contribution in [0.5, 0.6) is 0 Å². The third-order valence-electron chi connectivity index (χ3n) is 2.91. The molecule has 1 aliphatic rings. The van der Waals surface area contributed by atoms with Crippen molar-refractivity contribution in [1.29, 1.82) is 0 Å². The Bertz CT molecular complexity index is 740. The molecule has 9 heteroatoms. The van der Waals surface area contributed by atoms with Gasteiger partial charge in [0.1, 0.15) is 11.4 Å². The van der Waals surface area contributed by atoms with Crippen LogP contribution < -0.4 is 5.32 Å². The molecule has 0 aromatic heterocycles. The zero-order valence-electron chi connectivity index (χ0n) is 11.0. The Kier molecular flexibility index (Phi) is 3.69. The van der Waals surface area contributed by atoms with Crippen molar-refractivity contribution in [2.24, 2.45) is 0 Å². The van der Waals surface area contributed by atoms with Crippen molar-refractivity contribution in [3.05, 3.63) is 23.8 Å². The topological polar surface area (TPSA) is 121 Å². The zero-order chi connectivity index (χ0) is 15.8. The largest absolute Gasteiger partial charge is 0.480 e. The quantitative estimate of drug-likeness (QED) is 0.823. The number of fused-ring (bicyclic) bond motifs is 1. The molecule has 0 radical (unpaired) electrons. The summed E-state index contributed by atoms with van der Waals surface area (Å²) in [6, 6.07) is 3.97. The predicted molar refractivity (Wildman–Crippen MR) is 71.2 cm³/mol.